The standard InChI is InChI=1S/C13H18Cl2N2O/c1-8(2)17(9(3)4)13(18)16-12-7-10(14)5-6-11(12)15/h5-9H,1-4H3,(H,16,18). The van der Waals surface area contributed by atoms with Crippen molar-refractivity contribution >= 4 is 34.9 Å². The maximum Gasteiger partial charge on any atom is 0.322 e. The van der Waals surface area contributed by atoms with E-state index < -0.39 is 0 Å². The largest absolute Gasteiger partial charge is 0.322 e. The molecule has 2 amide bonds. The number of carbonyl (C=O) groups is 1. The van der Waals surface area contributed by atoms with Crippen LogP contribution in [0.1, 0.15) is 27.7 Å². The van der Waals surface area contributed by atoms with Crippen molar-refractivity contribution in [1.82, 2.24) is 4.90 Å². The van der Waals surface area contributed by atoms with E-state index in [1.54, 1.807) is 23.1 Å². The van der Waals surface area contributed by atoms with Crippen LogP contribution in [0.2, 0.25) is 10.0 Å². The lowest BCUT2D eigenvalue weighted by molar-refractivity contribution is 0.178. The summed E-state index contributed by atoms with van der Waals surface area (Å²) < 4.78 is 0. The third-order valence-electron chi connectivity index (χ3n) is 2.52. The molecule has 5 heteroatoms. The van der Waals surface area contributed by atoms with Crippen molar-refractivity contribution in [1.29, 1.82) is 0 Å². The van der Waals surface area contributed by atoms with Crippen LogP contribution < -0.4 is 5.32 Å². The highest BCUT2D eigenvalue weighted by atomic mass is 35.5. The van der Waals surface area contributed by atoms with Crippen molar-refractivity contribution in [2.45, 2.75) is 39.8 Å². The highest BCUT2D eigenvalue weighted by Gasteiger charge is 2.20. The molecule has 100 valence electrons. The zero-order chi connectivity index (χ0) is 13.9. The van der Waals surface area contributed by atoms with Gasteiger partial charge in [0.2, 0.25) is 0 Å². The molecule has 0 bridgehead atoms. The quantitative estimate of drug-likeness (QED) is 0.863. The van der Waals surface area contributed by atoms with Crippen molar-refractivity contribution in [2.24, 2.45) is 0 Å². The maximum absolute atomic E-state index is 12.2. The summed E-state index contributed by atoms with van der Waals surface area (Å²) in [5.74, 6) is 0. The summed E-state index contributed by atoms with van der Waals surface area (Å²) in [5.41, 5.74) is 0.528. The van der Waals surface area contributed by atoms with Gasteiger partial charge in [0.15, 0.2) is 0 Å². The Bertz CT molecular complexity index is 425. The highest BCUT2D eigenvalue weighted by molar-refractivity contribution is 6.35. The molecular formula is C13H18Cl2N2O. The van der Waals surface area contributed by atoms with Crippen molar-refractivity contribution in [3.05, 3.63) is 28.2 Å². The average Bonchev–Trinajstić information content (AvgIpc) is 2.22. The molecule has 1 aromatic carbocycles. The SMILES string of the molecule is CC(C)N(C(=O)Nc1cc(Cl)ccc1Cl)C(C)C. The summed E-state index contributed by atoms with van der Waals surface area (Å²) in [7, 11) is 0. The molecule has 1 rings (SSSR count). The number of halogens is 2. The van der Waals surface area contributed by atoms with Crippen LogP contribution in [0.25, 0.3) is 0 Å². The van der Waals surface area contributed by atoms with Crippen molar-refractivity contribution in [2.75, 3.05) is 5.32 Å². The second-order valence-electron chi connectivity index (χ2n) is 4.65. The first-order valence-electron chi connectivity index (χ1n) is 5.87. The van der Waals surface area contributed by atoms with Gasteiger partial charge in [0.05, 0.1) is 10.7 Å². The minimum atomic E-state index is -0.177. The molecule has 0 fully saturated rings. The Balaban J connectivity index is 2.89. The Morgan fingerprint density at radius 2 is 1.72 bits per heavy atom. The number of rotatable bonds is 3. The fourth-order valence-corrected chi connectivity index (χ4v) is 2.18. The predicted molar refractivity (Wildman–Crippen MR) is 77.6 cm³/mol. The van der Waals surface area contributed by atoms with E-state index in [9.17, 15) is 4.79 Å². The molecule has 18 heavy (non-hydrogen) atoms. The van der Waals surface area contributed by atoms with Crippen LogP contribution in [0.15, 0.2) is 18.2 Å². The molecule has 1 N–H and O–H groups in total. The summed E-state index contributed by atoms with van der Waals surface area (Å²) in [6.45, 7) is 7.89. The Morgan fingerprint density at radius 3 is 2.22 bits per heavy atom. The van der Waals surface area contributed by atoms with E-state index in [1.165, 1.54) is 0 Å². The van der Waals surface area contributed by atoms with Crippen LogP contribution in [-0.2, 0) is 0 Å². The number of nitrogens with zero attached hydrogens (tertiary/aromatic N) is 1. The number of hydrogen-bond donors (Lipinski definition) is 1. The summed E-state index contributed by atoms with van der Waals surface area (Å²) in [6.07, 6.45) is 0. The van der Waals surface area contributed by atoms with Gasteiger partial charge in [-0.2, -0.15) is 0 Å². The smallest absolute Gasteiger partial charge is 0.320 e. The molecule has 0 unspecified atom stereocenters. The first-order valence-corrected chi connectivity index (χ1v) is 6.63. The fraction of sp³-hybridized carbons (Fsp3) is 0.462. The van der Waals surface area contributed by atoms with Crippen LogP contribution >= 0.6 is 23.2 Å². The van der Waals surface area contributed by atoms with E-state index in [2.05, 4.69) is 5.32 Å². The minimum absolute atomic E-state index is 0.114. The van der Waals surface area contributed by atoms with Gasteiger partial charge >= 0.3 is 6.03 Å². The third kappa shape index (κ3) is 3.79. The molecule has 0 aliphatic rings. The van der Waals surface area contributed by atoms with Gasteiger partial charge in [0, 0.05) is 17.1 Å². The van der Waals surface area contributed by atoms with Crippen LogP contribution in [0.4, 0.5) is 10.5 Å². The number of benzene rings is 1. The zero-order valence-electron chi connectivity index (χ0n) is 11.0. The summed E-state index contributed by atoms with van der Waals surface area (Å²) >= 11 is 11.9. The number of hydrogen-bond acceptors (Lipinski definition) is 1. The molecule has 1 aromatic rings. The third-order valence-corrected chi connectivity index (χ3v) is 3.08. The number of urea groups is 1. The second kappa shape index (κ2) is 6.30. The summed E-state index contributed by atoms with van der Waals surface area (Å²) in [4.78, 5) is 13.9. The molecule has 0 radical (unpaired) electrons. The minimum Gasteiger partial charge on any atom is -0.320 e. The van der Waals surface area contributed by atoms with E-state index in [-0.39, 0.29) is 18.1 Å². The van der Waals surface area contributed by atoms with Crippen LogP contribution in [0, 0.1) is 0 Å². The first kappa shape index (κ1) is 15.1. The van der Waals surface area contributed by atoms with Gasteiger partial charge in [0.25, 0.3) is 0 Å². The van der Waals surface area contributed by atoms with Crippen molar-refractivity contribution < 1.29 is 4.79 Å². The van der Waals surface area contributed by atoms with Crippen LogP contribution in [-0.4, -0.2) is 23.0 Å². The van der Waals surface area contributed by atoms with E-state index in [0.717, 1.165) is 0 Å². The predicted octanol–water partition coefficient (Wildman–Crippen LogP) is 4.64. The van der Waals surface area contributed by atoms with E-state index >= 15 is 0 Å². The maximum atomic E-state index is 12.2. The molecule has 0 saturated carbocycles. The van der Waals surface area contributed by atoms with Crippen LogP contribution in [0.3, 0.4) is 0 Å². The second-order valence-corrected chi connectivity index (χ2v) is 5.49. The van der Waals surface area contributed by atoms with Gasteiger partial charge in [-0.25, -0.2) is 4.79 Å². The van der Waals surface area contributed by atoms with Gasteiger partial charge < -0.3 is 10.2 Å². The molecule has 0 aromatic heterocycles. The first-order chi connectivity index (χ1) is 8.32. The topological polar surface area (TPSA) is 32.3 Å². The van der Waals surface area contributed by atoms with Crippen LogP contribution in [0.5, 0.6) is 0 Å². The Kier molecular flexibility index (Phi) is 5.29. The van der Waals surface area contributed by atoms with E-state index in [1.807, 2.05) is 27.7 Å². The molecule has 0 aliphatic heterocycles. The monoisotopic (exact) mass is 288 g/mol. The van der Waals surface area contributed by atoms with E-state index in [4.69, 9.17) is 23.2 Å². The van der Waals surface area contributed by atoms with Gasteiger partial charge in [-0.15, -0.1) is 0 Å². The Hall–Kier alpha value is -0.930. The van der Waals surface area contributed by atoms with Gasteiger partial charge in [-0.05, 0) is 45.9 Å². The van der Waals surface area contributed by atoms with E-state index in [0.29, 0.717) is 15.7 Å². The Labute approximate surface area is 118 Å². The number of anilines is 1. The molecule has 0 atom stereocenters. The molecule has 0 spiro atoms. The molecule has 0 heterocycles. The van der Waals surface area contributed by atoms with Crippen molar-refractivity contribution in [3.63, 3.8) is 0 Å². The number of nitrogens with one attached hydrogen (secondary N) is 1. The molecule has 0 saturated heterocycles. The Morgan fingerprint density at radius 1 is 1.17 bits per heavy atom. The molecule has 3 nitrogen and oxygen atoms in total. The zero-order valence-corrected chi connectivity index (χ0v) is 12.5. The van der Waals surface area contributed by atoms with Gasteiger partial charge in [-0.1, -0.05) is 23.2 Å². The fourth-order valence-electron chi connectivity index (χ4n) is 1.84. The lowest BCUT2D eigenvalue weighted by Crippen LogP contribution is -2.44. The normalized spacial score (nSPS) is 10.9. The lowest BCUT2D eigenvalue weighted by atomic mass is 10.2. The van der Waals surface area contributed by atoms with Crippen molar-refractivity contribution in [3.8, 4) is 0 Å². The average molecular weight is 289 g/mol. The summed E-state index contributed by atoms with van der Waals surface area (Å²) in [5, 5.41) is 3.79. The highest BCUT2D eigenvalue weighted by Crippen LogP contribution is 2.26. The lowest BCUT2D eigenvalue weighted by Gasteiger charge is -2.30. The van der Waals surface area contributed by atoms with Gasteiger partial charge in [-0.3, -0.25) is 0 Å². The number of carbonyl (C=O) groups excluding carboxylic acids is 1. The molecule has 0 aliphatic carbocycles. The summed E-state index contributed by atoms with van der Waals surface area (Å²) in [6, 6.07) is 5.03. The van der Waals surface area contributed by atoms with Gasteiger partial charge in [0.1, 0.15) is 0 Å². The molecular weight excluding hydrogens is 271 g/mol. The number of amides is 2.